The highest BCUT2D eigenvalue weighted by molar-refractivity contribution is 5.88. The summed E-state index contributed by atoms with van der Waals surface area (Å²) in [5.41, 5.74) is 0.507. The van der Waals surface area contributed by atoms with Crippen LogP contribution >= 0.6 is 0 Å². The molecule has 0 bridgehead atoms. The second-order valence-corrected chi connectivity index (χ2v) is 6.17. The van der Waals surface area contributed by atoms with Crippen molar-refractivity contribution in [2.75, 3.05) is 0 Å². The Morgan fingerprint density at radius 2 is 1.82 bits per heavy atom. The average molecular weight is 303 g/mol. The Labute approximate surface area is 131 Å². The number of aliphatic carboxylic acids is 1. The van der Waals surface area contributed by atoms with Gasteiger partial charge in [-0.3, -0.25) is 9.59 Å². The van der Waals surface area contributed by atoms with Crippen LogP contribution < -0.4 is 5.32 Å². The van der Waals surface area contributed by atoms with Gasteiger partial charge in [-0.1, -0.05) is 44.2 Å². The molecule has 0 radical (unpaired) electrons. The maximum Gasteiger partial charge on any atom is 0.306 e. The number of carboxylic acid groups (broad SMARTS) is 1. The van der Waals surface area contributed by atoms with Gasteiger partial charge >= 0.3 is 5.97 Å². The van der Waals surface area contributed by atoms with Gasteiger partial charge in [-0.15, -0.1) is 0 Å². The first-order valence-electron chi connectivity index (χ1n) is 8.12. The van der Waals surface area contributed by atoms with Gasteiger partial charge in [0.1, 0.15) is 0 Å². The van der Waals surface area contributed by atoms with Crippen LogP contribution in [0.4, 0.5) is 0 Å². The van der Waals surface area contributed by atoms with E-state index < -0.39 is 11.4 Å². The molecule has 0 heterocycles. The highest BCUT2D eigenvalue weighted by Crippen LogP contribution is 2.33. The summed E-state index contributed by atoms with van der Waals surface area (Å²) in [4.78, 5) is 24.0. The van der Waals surface area contributed by atoms with Gasteiger partial charge in [0, 0.05) is 6.04 Å². The number of benzene rings is 1. The van der Waals surface area contributed by atoms with Gasteiger partial charge in [-0.2, -0.15) is 0 Å². The third kappa shape index (κ3) is 3.16. The molecule has 2 atom stereocenters. The quantitative estimate of drug-likeness (QED) is 0.848. The van der Waals surface area contributed by atoms with Crippen LogP contribution in [0.15, 0.2) is 30.3 Å². The van der Waals surface area contributed by atoms with Crippen molar-refractivity contribution in [3.63, 3.8) is 0 Å². The van der Waals surface area contributed by atoms with E-state index in [9.17, 15) is 9.59 Å². The second-order valence-electron chi connectivity index (χ2n) is 6.17. The van der Waals surface area contributed by atoms with Crippen LogP contribution in [0.3, 0.4) is 0 Å². The number of hydrogen-bond donors (Lipinski definition) is 2. The van der Waals surface area contributed by atoms with Crippen molar-refractivity contribution >= 4 is 11.9 Å². The summed E-state index contributed by atoms with van der Waals surface area (Å²) in [6, 6.07) is 9.85. The maximum atomic E-state index is 12.9. The molecule has 1 saturated carbocycles. The summed E-state index contributed by atoms with van der Waals surface area (Å²) in [7, 11) is 0. The molecule has 1 aromatic carbocycles. The van der Waals surface area contributed by atoms with Gasteiger partial charge in [0.25, 0.3) is 0 Å². The van der Waals surface area contributed by atoms with Gasteiger partial charge in [0.2, 0.25) is 5.91 Å². The van der Waals surface area contributed by atoms with Crippen LogP contribution in [0, 0.1) is 5.92 Å². The minimum Gasteiger partial charge on any atom is -0.481 e. The van der Waals surface area contributed by atoms with Crippen molar-refractivity contribution in [3.05, 3.63) is 35.9 Å². The standard InChI is InChI=1S/C18H25NO3/c1-3-18(4-2,14-8-6-5-7-9-14)17(22)19-15-11-10-13(12-15)16(20)21/h5-9,13,15H,3-4,10-12H2,1-2H3,(H,19,22)(H,20,21)/t13-,15+/m0/s1. The van der Waals surface area contributed by atoms with Crippen molar-refractivity contribution in [2.24, 2.45) is 5.92 Å². The maximum absolute atomic E-state index is 12.9. The van der Waals surface area contributed by atoms with E-state index in [2.05, 4.69) is 5.32 Å². The molecule has 120 valence electrons. The van der Waals surface area contributed by atoms with Crippen molar-refractivity contribution in [2.45, 2.75) is 57.4 Å². The predicted molar refractivity (Wildman–Crippen MR) is 85.6 cm³/mol. The Morgan fingerprint density at radius 3 is 2.32 bits per heavy atom. The molecular weight excluding hydrogens is 278 g/mol. The Bertz CT molecular complexity index is 522. The summed E-state index contributed by atoms with van der Waals surface area (Å²) in [5, 5.41) is 12.2. The molecule has 1 aliphatic carbocycles. The monoisotopic (exact) mass is 303 g/mol. The summed E-state index contributed by atoms with van der Waals surface area (Å²) in [5.74, 6) is -1.04. The SMILES string of the molecule is CCC(CC)(C(=O)N[C@@H]1CC[C@H](C(=O)O)C1)c1ccccc1. The third-order valence-corrected chi connectivity index (χ3v) is 5.09. The lowest BCUT2D eigenvalue weighted by Gasteiger charge is -2.32. The molecule has 1 aliphatic rings. The summed E-state index contributed by atoms with van der Waals surface area (Å²) < 4.78 is 0. The number of rotatable bonds is 6. The van der Waals surface area contributed by atoms with Crippen LogP contribution in [0.25, 0.3) is 0 Å². The van der Waals surface area contributed by atoms with Gasteiger partial charge in [-0.25, -0.2) is 0 Å². The molecule has 0 aliphatic heterocycles. The smallest absolute Gasteiger partial charge is 0.306 e. The lowest BCUT2D eigenvalue weighted by atomic mass is 9.75. The van der Waals surface area contributed by atoms with Crippen LogP contribution in [0.5, 0.6) is 0 Å². The first-order chi connectivity index (χ1) is 10.5. The van der Waals surface area contributed by atoms with E-state index in [0.29, 0.717) is 12.8 Å². The molecule has 22 heavy (non-hydrogen) atoms. The minimum atomic E-state index is -0.753. The first kappa shape index (κ1) is 16.5. The molecule has 2 N–H and O–H groups in total. The number of hydrogen-bond acceptors (Lipinski definition) is 2. The molecule has 4 heteroatoms. The third-order valence-electron chi connectivity index (χ3n) is 5.09. The summed E-state index contributed by atoms with van der Waals surface area (Å²) in [6.45, 7) is 4.07. The molecule has 1 amide bonds. The molecule has 1 fully saturated rings. The van der Waals surface area contributed by atoms with E-state index in [1.165, 1.54) is 0 Å². The fraction of sp³-hybridized carbons (Fsp3) is 0.556. The lowest BCUT2D eigenvalue weighted by Crippen LogP contribution is -2.47. The van der Waals surface area contributed by atoms with Crippen LogP contribution in [-0.2, 0) is 15.0 Å². The average Bonchev–Trinajstić information content (AvgIpc) is 2.99. The lowest BCUT2D eigenvalue weighted by molar-refractivity contribution is -0.141. The summed E-state index contributed by atoms with van der Waals surface area (Å²) in [6.07, 6.45) is 3.40. The highest BCUT2D eigenvalue weighted by Gasteiger charge is 2.39. The number of carboxylic acids is 1. The van der Waals surface area contributed by atoms with Crippen LogP contribution in [-0.4, -0.2) is 23.0 Å². The minimum absolute atomic E-state index is 0.0187. The van der Waals surface area contributed by atoms with Crippen LogP contribution in [0.2, 0.25) is 0 Å². The normalized spacial score (nSPS) is 21.5. The van der Waals surface area contributed by atoms with Crippen LogP contribution in [0.1, 0.15) is 51.5 Å². The molecular formula is C18H25NO3. The van der Waals surface area contributed by atoms with Gasteiger partial charge in [-0.05, 0) is 37.7 Å². The molecule has 0 aromatic heterocycles. The van der Waals surface area contributed by atoms with Crippen molar-refractivity contribution < 1.29 is 14.7 Å². The molecule has 4 nitrogen and oxygen atoms in total. The zero-order valence-corrected chi connectivity index (χ0v) is 13.3. The number of carbonyl (C=O) groups is 2. The molecule has 0 unspecified atom stereocenters. The van der Waals surface area contributed by atoms with E-state index in [1.54, 1.807) is 0 Å². The Morgan fingerprint density at radius 1 is 1.18 bits per heavy atom. The van der Waals surface area contributed by atoms with E-state index >= 15 is 0 Å². The number of carbonyl (C=O) groups excluding carboxylic acids is 1. The second kappa shape index (κ2) is 6.95. The fourth-order valence-corrected chi connectivity index (χ4v) is 3.53. The van der Waals surface area contributed by atoms with Gasteiger partial charge in [0.15, 0.2) is 0 Å². The largest absolute Gasteiger partial charge is 0.481 e. The van der Waals surface area contributed by atoms with E-state index in [4.69, 9.17) is 5.11 Å². The topological polar surface area (TPSA) is 66.4 Å². The summed E-state index contributed by atoms with van der Waals surface area (Å²) >= 11 is 0. The zero-order valence-electron chi connectivity index (χ0n) is 13.3. The predicted octanol–water partition coefficient (Wildman–Crippen LogP) is 3.11. The zero-order chi connectivity index (χ0) is 16.2. The number of amides is 1. The fourth-order valence-electron chi connectivity index (χ4n) is 3.53. The molecule has 2 rings (SSSR count). The highest BCUT2D eigenvalue weighted by atomic mass is 16.4. The Balaban J connectivity index is 2.13. The number of nitrogens with one attached hydrogen (secondary N) is 1. The van der Waals surface area contributed by atoms with E-state index in [0.717, 1.165) is 24.8 Å². The van der Waals surface area contributed by atoms with Crippen molar-refractivity contribution in [1.82, 2.24) is 5.32 Å². The van der Waals surface area contributed by atoms with Gasteiger partial charge in [0.05, 0.1) is 11.3 Å². The van der Waals surface area contributed by atoms with Crippen molar-refractivity contribution in [3.8, 4) is 0 Å². The Hall–Kier alpha value is -1.84. The first-order valence-corrected chi connectivity index (χ1v) is 8.12. The molecule has 1 aromatic rings. The van der Waals surface area contributed by atoms with E-state index in [1.807, 2.05) is 44.2 Å². The van der Waals surface area contributed by atoms with Gasteiger partial charge < -0.3 is 10.4 Å². The Kier molecular flexibility index (Phi) is 5.22. The van der Waals surface area contributed by atoms with E-state index in [-0.39, 0.29) is 17.9 Å². The molecule has 0 spiro atoms. The van der Waals surface area contributed by atoms with Crippen molar-refractivity contribution in [1.29, 1.82) is 0 Å². The molecule has 0 saturated heterocycles.